The monoisotopic (exact) mass is 474 g/mol. The number of aryl methyl sites for hydroxylation is 1. The first kappa shape index (κ1) is 24.5. The fourth-order valence-corrected chi connectivity index (χ4v) is 6.18. The Balaban J connectivity index is 1.98. The van der Waals surface area contributed by atoms with Gasteiger partial charge in [0.2, 0.25) is 15.0 Å². The van der Waals surface area contributed by atoms with Crippen LogP contribution in [-0.2, 0) is 22.1 Å². The van der Waals surface area contributed by atoms with Crippen LogP contribution >= 0.6 is 12.2 Å². The van der Waals surface area contributed by atoms with Gasteiger partial charge in [0.05, 0.1) is 24.2 Å². The number of benzene rings is 1. The summed E-state index contributed by atoms with van der Waals surface area (Å²) in [5.74, 6) is -0.0516. The molecule has 32 heavy (non-hydrogen) atoms. The predicted octanol–water partition coefficient (Wildman–Crippen LogP) is 4.55. The third-order valence-corrected chi connectivity index (χ3v) is 7.79. The van der Waals surface area contributed by atoms with E-state index in [1.165, 1.54) is 6.42 Å². The standard InChI is InChI=1S/C24H34N4O2S2/c1-4-14-27(23(31)25-5-2)17-22-16-26-24(28(22)21-12-7-6-8-13-21)32(29,30)18-20-11-9-10-19(3)15-20/h4,9-11,15-16,21H,1,5-8,12-14,17-18H2,2-3H3,(H,25,31). The molecule has 0 aliphatic heterocycles. The van der Waals surface area contributed by atoms with Crippen molar-refractivity contribution in [1.82, 2.24) is 19.8 Å². The molecule has 1 aliphatic carbocycles. The molecule has 174 valence electrons. The zero-order valence-corrected chi connectivity index (χ0v) is 20.7. The summed E-state index contributed by atoms with van der Waals surface area (Å²) in [6.45, 7) is 9.61. The minimum Gasteiger partial charge on any atom is -0.363 e. The molecule has 0 amide bonds. The molecule has 1 aromatic carbocycles. The Hall–Kier alpha value is -2.19. The fourth-order valence-electron chi connectivity index (χ4n) is 4.37. The van der Waals surface area contributed by atoms with Crippen molar-refractivity contribution in [3.63, 3.8) is 0 Å². The van der Waals surface area contributed by atoms with E-state index >= 15 is 0 Å². The van der Waals surface area contributed by atoms with Crippen molar-refractivity contribution in [1.29, 1.82) is 0 Å². The van der Waals surface area contributed by atoms with Crippen LogP contribution in [0, 0.1) is 6.92 Å². The Morgan fingerprint density at radius 2 is 2.09 bits per heavy atom. The first-order valence-electron chi connectivity index (χ1n) is 11.3. The smallest absolute Gasteiger partial charge is 0.228 e. The number of hydrogen-bond acceptors (Lipinski definition) is 4. The lowest BCUT2D eigenvalue weighted by Gasteiger charge is -2.29. The van der Waals surface area contributed by atoms with E-state index in [2.05, 4.69) is 16.9 Å². The van der Waals surface area contributed by atoms with Gasteiger partial charge in [0.25, 0.3) is 0 Å². The highest BCUT2D eigenvalue weighted by atomic mass is 32.2. The van der Waals surface area contributed by atoms with Crippen LogP contribution in [0.5, 0.6) is 0 Å². The maximum atomic E-state index is 13.5. The molecule has 0 atom stereocenters. The lowest BCUT2D eigenvalue weighted by molar-refractivity contribution is 0.315. The minimum atomic E-state index is -3.60. The molecule has 0 unspecified atom stereocenters. The average molecular weight is 475 g/mol. The van der Waals surface area contributed by atoms with E-state index in [0.29, 0.717) is 18.2 Å². The van der Waals surface area contributed by atoms with Gasteiger partial charge in [-0.3, -0.25) is 0 Å². The zero-order valence-electron chi connectivity index (χ0n) is 19.1. The first-order chi connectivity index (χ1) is 15.4. The number of aromatic nitrogens is 2. The Bertz CT molecular complexity index is 1040. The van der Waals surface area contributed by atoms with Crippen molar-refractivity contribution >= 4 is 27.2 Å². The molecule has 0 radical (unpaired) electrons. The molecule has 1 saturated carbocycles. The van der Waals surface area contributed by atoms with Crippen molar-refractivity contribution in [2.24, 2.45) is 0 Å². The highest BCUT2D eigenvalue weighted by molar-refractivity contribution is 7.90. The van der Waals surface area contributed by atoms with Crippen LogP contribution in [0.25, 0.3) is 0 Å². The number of imidazole rings is 1. The van der Waals surface area contributed by atoms with E-state index in [0.717, 1.165) is 49.0 Å². The van der Waals surface area contributed by atoms with E-state index in [9.17, 15) is 8.42 Å². The van der Waals surface area contributed by atoms with Crippen molar-refractivity contribution in [2.75, 3.05) is 13.1 Å². The molecule has 1 N–H and O–H groups in total. The second kappa shape index (κ2) is 11.1. The third-order valence-electron chi connectivity index (χ3n) is 5.81. The molecule has 0 spiro atoms. The summed E-state index contributed by atoms with van der Waals surface area (Å²) in [6, 6.07) is 7.79. The topological polar surface area (TPSA) is 67.2 Å². The van der Waals surface area contributed by atoms with Gasteiger partial charge < -0.3 is 14.8 Å². The van der Waals surface area contributed by atoms with Gasteiger partial charge in [0, 0.05) is 19.1 Å². The SMILES string of the molecule is C=CCN(Cc1cnc(S(=O)(=O)Cc2cccc(C)c2)n1C1CCCCC1)C(=S)NCC. The lowest BCUT2D eigenvalue weighted by Crippen LogP contribution is -2.40. The second-order valence-corrected chi connectivity index (χ2v) is 10.7. The molecule has 1 aromatic heterocycles. The maximum Gasteiger partial charge on any atom is 0.228 e. The Labute approximate surface area is 197 Å². The highest BCUT2D eigenvalue weighted by Gasteiger charge is 2.29. The normalized spacial score (nSPS) is 14.8. The first-order valence-corrected chi connectivity index (χ1v) is 13.4. The van der Waals surface area contributed by atoms with Crippen molar-refractivity contribution in [3.05, 3.63) is 59.9 Å². The number of nitrogens with one attached hydrogen (secondary N) is 1. The summed E-state index contributed by atoms with van der Waals surface area (Å²) in [5, 5.41) is 3.99. The lowest BCUT2D eigenvalue weighted by atomic mass is 9.95. The van der Waals surface area contributed by atoms with Gasteiger partial charge in [-0.1, -0.05) is 55.2 Å². The summed E-state index contributed by atoms with van der Waals surface area (Å²) < 4.78 is 29.0. The van der Waals surface area contributed by atoms with Crippen LogP contribution in [0.15, 0.2) is 48.3 Å². The van der Waals surface area contributed by atoms with Gasteiger partial charge in [-0.25, -0.2) is 13.4 Å². The molecule has 3 rings (SSSR count). The fraction of sp³-hybridized carbons (Fsp3) is 0.500. The van der Waals surface area contributed by atoms with Gasteiger partial charge in [-0.05, 0) is 44.5 Å². The second-order valence-electron chi connectivity index (χ2n) is 8.45. The van der Waals surface area contributed by atoms with E-state index in [-0.39, 0.29) is 17.0 Å². The van der Waals surface area contributed by atoms with Crippen LogP contribution in [0.2, 0.25) is 0 Å². The summed E-state index contributed by atoms with van der Waals surface area (Å²) in [5.41, 5.74) is 2.71. The van der Waals surface area contributed by atoms with Gasteiger partial charge in [0.15, 0.2) is 5.11 Å². The molecular weight excluding hydrogens is 440 g/mol. The van der Waals surface area contributed by atoms with Gasteiger partial charge >= 0.3 is 0 Å². The summed E-state index contributed by atoms with van der Waals surface area (Å²) >= 11 is 5.54. The average Bonchev–Trinajstić information content (AvgIpc) is 3.18. The molecule has 1 fully saturated rings. The van der Waals surface area contributed by atoms with Crippen LogP contribution in [0.4, 0.5) is 0 Å². The molecule has 6 nitrogen and oxygen atoms in total. The highest BCUT2D eigenvalue weighted by Crippen LogP contribution is 2.33. The minimum absolute atomic E-state index is 0.0516. The Kier molecular flexibility index (Phi) is 8.48. The van der Waals surface area contributed by atoms with Crippen LogP contribution in [0.3, 0.4) is 0 Å². The number of hydrogen-bond donors (Lipinski definition) is 1. The largest absolute Gasteiger partial charge is 0.363 e. The molecule has 1 heterocycles. The Morgan fingerprint density at radius 3 is 2.75 bits per heavy atom. The van der Waals surface area contributed by atoms with E-state index in [1.54, 1.807) is 12.3 Å². The van der Waals surface area contributed by atoms with Gasteiger partial charge in [-0.15, -0.1) is 6.58 Å². The van der Waals surface area contributed by atoms with Crippen LogP contribution < -0.4 is 5.32 Å². The third kappa shape index (κ3) is 5.98. The predicted molar refractivity (Wildman–Crippen MR) is 133 cm³/mol. The van der Waals surface area contributed by atoms with Crippen LogP contribution in [-0.4, -0.2) is 41.1 Å². The number of thiocarbonyl (C=S) groups is 1. The van der Waals surface area contributed by atoms with Gasteiger partial charge in [-0.2, -0.15) is 0 Å². The van der Waals surface area contributed by atoms with Crippen LogP contribution in [0.1, 0.15) is 61.9 Å². The summed E-state index contributed by atoms with van der Waals surface area (Å²) in [4.78, 5) is 6.46. The summed E-state index contributed by atoms with van der Waals surface area (Å²) in [6.07, 6.45) is 8.85. The van der Waals surface area contributed by atoms with E-state index in [1.807, 2.05) is 47.6 Å². The molecular formula is C24H34N4O2S2. The van der Waals surface area contributed by atoms with Crippen molar-refractivity contribution in [2.45, 2.75) is 69.4 Å². The van der Waals surface area contributed by atoms with Gasteiger partial charge in [0.1, 0.15) is 0 Å². The van der Waals surface area contributed by atoms with E-state index in [4.69, 9.17) is 12.2 Å². The van der Waals surface area contributed by atoms with E-state index < -0.39 is 9.84 Å². The summed E-state index contributed by atoms with van der Waals surface area (Å²) in [7, 11) is -3.60. The quantitative estimate of drug-likeness (QED) is 0.425. The number of rotatable bonds is 9. The molecule has 8 heteroatoms. The maximum absolute atomic E-state index is 13.5. The van der Waals surface area contributed by atoms with Crippen molar-refractivity contribution < 1.29 is 8.42 Å². The molecule has 1 aliphatic rings. The molecule has 0 bridgehead atoms. The van der Waals surface area contributed by atoms with Crippen molar-refractivity contribution in [3.8, 4) is 0 Å². The molecule has 0 saturated heterocycles. The zero-order chi connectivity index (χ0) is 23.1. The molecule has 2 aromatic rings. The number of sulfone groups is 1. The Morgan fingerprint density at radius 1 is 1.34 bits per heavy atom. The number of nitrogens with zero attached hydrogens (tertiary/aromatic N) is 3.